The molecule has 0 radical (unpaired) electrons. The minimum Gasteiger partial charge on any atom is -0.486 e. The topological polar surface area (TPSA) is 9.23 Å². The summed E-state index contributed by atoms with van der Waals surface area (Å²) in [6.45, 7) is 2.09. The van der Waals surface area contributed by atoms with Crippen molar-refractivity contribution in [3.63, 3.8) is 0 Å². The van der Waals surface area contributed by atoms with Crippen molar-refractivity contribution in [2.24, 2.45) is 0 Å². The highest BCUT2D eigenvalue weighted by atomic mass is 16.5. The Hall–Kier alpha value is -2.54. The minimum atomic E-state index is 0.0686. The van der Waals surface area contributed by atoms with E-state index in [2.05, 4.69) is 73.7 Å². The molecule has 3 aromatic rings. The average molecular weight is 302 g/mol. The summed E-state index contributed by atoms with van der Waals surface area (Å²) >= 11 is 0. The lowest BCUT2D eigenvalue weighted by Gasteiger charge is -2.20. The molecule has 3 aromatic carbocycles. The standard InChI is InChI=1S/C22H22O/c1-18-12-15-21(16-13-18)23-22(20-10-6-3-7-11-20)17-14-19-8-4-2-5-9-19/h2-13,15-16,22H,14,17H2,1H3. The Kier molecular flexibility index (Phi) is 5.10. The lowest BCUT2D eigenvalue weighted by atomic mass is 10.0. The van der Waals surface area contributed by atoms with Crippen molar-refractivity contribution in [2.45, 2.75) is 25.9 Å². The monoisotopic (exact) mass is 302 g/mol. The molecule has 0 aromatic heterocycles. The van der Waals surface area contributed by atoms with E-state index in [4.69, 9.17) is 4.74 Å². The molecular formula is C22H22O. The van der Waals surface area contributed by atoms with Gasteiger partial charge in [0, 0.05) is 0 Å². The molecule has 0 bridgehead atoms. The van der Waals surface area contributed by atoms with Gasteiger partial charge in [-0.3, -0.25) is 0 Å². The van der Waals surface area contributed by atoms with Gasteiger partial charge in [-0.1, -0.05) is 78.4 Å². The first kappa shape index (κ1) is 15.4. The fraction of sp³-hybridized carbons (Fsp3) is 0.182. The molecule has 0 saturated carbocycles. The Morgan fingerprint density at radius 2 is 1.35 bits per heavy atom. The van der Waals surface area contributed by atoms with Crippen molar-refractivity contribution in [3.8, 4) is 5.75 Å². The maximum Gasteiger partial charge on any atom is 0.124 e. The smallest absolute Gasteiger partial charge is 0.124 e. The molecule has 0 fully saturated rings. The number of hydrogen-bond acceptors (Lipinski definition) is 1. The van der Waals surface area contributed by atoms with Gasteiger partial charge in [-0.15, -0.1) is 0 Å². The lowest BCUT2D eigenvalue weighted by Crippen LogP contribution is -2.09. The zero-order valence-electron chi connectivity index (χ0n) is 13.5. The second kappa shape index (κ2) is 7.64. The van der Waals surface area contributed by atoms with Crippen LogP contribution < -0.4 is 4.74 Å². The predicted molar refractivity (Wildman–Crippen MR) is 95.8 cm³/mol. The van der Waals surface area contributed by atoms with E-state index < -0.39 is 0 Å². The zero-order valence-corrected chi connectivity index (χ0v) is 13.5. The summed E-state index contributed by atoms with van der Waals surface area (Å²) < 4.78 is 6.28. The normalized spacial score (nSPS) is 11.9. The third-order valence-corrected chi connectivity index (χ3v) is 4.01. The van der Waals surface area contributed by atoms with Crippen LogP contribution in [0.25, 0.3) is 0 Å². The summed E-state index contributed by atoms with van der Waals surface area (Å²) in [5.41, 5.74) is 3.82. The van der Waals surface area contributed by atoms with Gasteiger partial charge in [0.2, 0.25) is 0 Å². The molecule has 1 atom stereocenters. The van der Waals surface area contributed by atoms with Gasteiger partial charge in [0.1, 0.15) is 11.9 Å². The van der Waals surface area contributed by atoms with E-state index in [-0.39, 0.29) is 6.10 Å². The molecular weight excluding hydrogens is 280 g/mol. The largest absolute Gasteiger partial charge is 0.486 e. The van der Waals surface area contributed by atoms with Crippen LogP contribution in [0, 0.1) is 6.92 Å². The summed E-state index contributed by atoms with van der Waals surface area (Å²) in [7, 11) is 0. The highest BCUT2D eigenvalue weighted by molar-refractivity contribution is 5.28. The molecule has 0 spiro atoms. The van der Waals surface area contributed by atoms with Crippen LogP contribution in [0.1, 0.15) is 29.2 Å². The van der Waals surface area contributed by atoms with E-state index >= 15 is 0 Å². The summed E-state index contributed by atoms with van der Waals surface area (Å²) in [5, 5.41) is 0. The molecule has 0 saturated heterocycles. The summed E-state index contributed by atoms with van der Waals surface area (Å²) in [5.74, 6) is 0.928. The van der Waals surface area contributed by atoms with Crippen molar-refractivity contribution < 1.29 is 4.74 Å². The van der Waals surface area contributed by atoms with Gasteiger partial charge < -0.3 is 4.74 Å². The van der Waals surface area contributed by atoms with Crippen molar-refractivity contribution in [1.82, 2.24) is 0 Å². The minimum absolute atomic E-state index is 0.0686. The second-order valence-electron chi connectivity index (χ2n) is 5.85. The Morgan fingerprint density at radius 1 is 0.739 bits per heavy atom. The van der Waals surface area contributed by atoms with E-state index in [1.807, 2.05) is 18.2 Å². The molecule has 0 aliphatic heterocycles. The van der Waals surface area contributed by atoms with Crippen LogP contribution in [0.4, 0.5) is 0 Å². The zero-order chi connectivity index (χ0) is 15.9. The van der Waals surface area contributed by atoms with Gasteiger partial charge >= 0.3 is 0 Å². The van der Waals surface area contributed by atoms with Crippen molar-refractivity contribution in [3.05, 3.63) is 102 Å². The van der Waals surface area contributed by atoms with Crippen molar-refractivity contribution in [2.75, 3.05) is 0 Å². The molecule has 0 aliphatic carbocycles. The maximum atomic E-state index is 6.28. The van der Waals surface area contributed by atoms with Gasteiger partial charge in [-0.05, 0) is 43.0 Å². The van der Waals surface area contributed by atoms with E-state index in [0.29, 0.717) is 0 Å². The third kappa shape index (κ3) is 4.46. The summed E-state index contributed by atoms with van der Waals surface area (Å²) in [4.78, 5) is 0. The van der Waals surface area contributed by atoms with Crippen LogP contribution in [-0.4, -0.2) is 0 Å². The average Bonchev–Trinajstić information content (AvgIpc) is 2.62. The van der Waals surface area contributed by atoms with Gasteiger partial charge in [0.05, 0.1) is 0 Å². The van der Waals surface area contributed by atoms with E-state index in [1.54, 1.807) is 0 Å². The summed E-state index contributed by atoms with van der Waals surface area (Å²) in [6.07, 6.45) is 2.04. The molecule has 0 aliphatic rings. The van der Waals surface area contributed by atoms with Crippen LogP contribution in [0.3, 0.4) is 0 Å². The fourth-order valence-electron chi connectivity index (χ4n) is 2.68. The summed E-state index contributed by atoms with van der Waals surface area (Å²) in [6, 6.07) is 29.3. The Labute approximate surface area is 138 Å². The number of benzene rings is 3. The van der Waals surface area contributed by atoms with E-state index in [0.717, 1.165) is 18.6 Å². The van der Waals surface area contributed by atoms with Crippen LogP contribution in [0.5, 0.6) is 5.75 Å². The number of hydrogen-bond donors (Lipinski definition) is 0. The Bertz CT molecular complexity index is 702. The lowest BCUT2D eigenvalue weighted by molar-refractivity contribution is 0.195. The molecule has 1 unspecified atom stereocenters. The first-order valence-electron chi connectivity index (χ1n) is 8.13. The molecule has 0 N–H and O–H groups in total. The number of aryl methyl sites for hydroxylation is 2. The van der Waals surface area contributed by atoms with Crippen molar-refractivity contribution >= 4 is 0 Å². The van der Waals surface area contributed by atoms with E-state index in [1.165, 1.54) is 16.7 Å². The first-order valence-corrected chi connectivity index (χ1v) is 8.13. The van der Waals surface area contributed by atoms with Crippen LogP contribution in [0.15, 0.2) is 84.9 Å². The predicted octanol–water partition coefficient (Wildman–Crippen LogP) is 5.75. The van der Waals surface area contributed by atoms with Crippen LogP contribution in [0.2, 0.25) is 0 Å². The molecule has 0 heterocycles. The quantitative estimate of drug-likeness (QED) is 0.563. The SMILES string of the molecule is Cc1ccc(OC(CCc2ccccc2)c2ccccc2)cc1. The van der Waals surface area contributed by atoms with Gasteiger partial charge in [-0.2, -0.15) is 0 Å². The number of ether oxygens (including phenoxy) is 1. The highest BCUT2D eigenvalue weighted by Crippen LogP contribution is 2.26. The van der Waals surface area contributed by atoms with E-state index in [9.17, 15) is 0 Å². The Balaban J connectivity index is 1.75. The number of rotatable bonds is 6. The highest BCUT2D eigenvalue weighted by Gasteiger charge is 2.13. The van der Waals surface area contributed by atoms with Crippen LogP contribution >= 0.6 is 0 Å². The van der Waals surface area contributed by atoms with Gasteiger partial charge in [0.15, 0.2) is 0 Å². The molecule has 3 rings (SSSR count). The molecule has 1 nitrogen and oxygen atoms in total. The molecule has 0 amide bonds. The molecule has 1 heteroatoms. The van der Waals surface area contributed by atoms with Crippen LogP contribution in [-0.2, 0) is 6.42 Å². The molecule has 116 valence electrons. The second-order valence-corrected chi connectivity index (χ2v) is 5.85. The fourth-order valence-corrected chi connectivity index (χ4v) is 2.68. The maximum absolute atomic E-state index is 6.28. The third-order valence-electron chi connectivity index (χ3n) is 4.01. The van der Waals surface area contributed by atoms with Crippen molar-refractivity contribution in [1.29, 1.82) is 0 Å². The van der Waals surface area contributed by atoms with Gasteiger partial charge in [-0.25, -0.2) is 0 Å². The molecule has 23 heavy (non-hydrogen) atoms. The first-order chi connectivity index (χ1) is 11.3. The van der Waals surface area contributed by atoms with Gasteiger partial charge in [0.25, 0.3) is 0 Å². The Morgan fingerprint density at radius 3 is 2.00 bits per heavy atom.